The first-order valence-electron chi connectivity index (χ1n) is 6.90. The molecule has 100 valence electrons. The lowest BCUT2D eigenvalue weighted by Gasteiger charge is -2.25. The van der Waals surface area contributed by atoms with Crippen molar-refractivity contribution >= 4 is 10.9 Å². The van der Waals surface area contributed by atoms with E-state index in [4.69, 9.17) is 0 Å². The highest BCUT2D eigenvalue weighted by atomic mass is 32.2. The third kappa shape index (κ3) is 5.07. The quantitative estimate of drug-likeness (QED) is 0.430. The van der Waals surface area contributed by atoms with Crippen LogP contribution >= 0.6 is 0 Å². The maximum absolute atomic E-state index is 2.46. The summed E-state index contributed by atoms with van der Waals surface area (Å²) in [7, 11) is 0.565. The van der Waals surface area contributed by atoms with Crippen LogP contribution < -0.4 is 0 Å². The van der Waals surface area contributed by atoms with Gasteiger partial charge in [-0.3, -0.25) is 0 Å². The van der Waals surface area contributed by atoms with E-state index >= 15 is 0 Å². The Kier molecular flexibility index (Phi) is 4.45. The van der Waals surface area contributed by atoms with Crippen molar-refractivity contribution in [2.75, 3.05) is 11.5 Å². The van der Waals surface area contributed by atoms with Crippen LogP contribution in [0.3, 0.4) is 0 Å². The normalized spacial score (nSPS) is 27.9. The minimum Gasteiger partial charge on any atom is -0.0821 e. The lowest BCUT2D eigenvalue weighted by atomic mass is 9.83. The molecule has 1 rings (SSSR count). The van der Waals surface area contributed by atoms with Crippen molar-refractivity contribution in [3.05, 3.63) is 12.2 Å². The summed E-state index contributed by atoms with van der Waals surface area (Å²) in [4.78, 5) is 0. The summed E-state index contributed by atoms with van der Waals surface area (Å²) < 4.78 is 0.483. The van der Waals surface area contributed by atoms with Crippen LogP contribution in [0, 0.1) is 10.8 Å². The summed E-state index contributed by atoms with van der Waals surface area (Å²) in [5, 5.41) is 0. The second kappa shape index (κ2) is 4.99. The van der Waals surface area contributed by atoms with Gasteiger partial charge in [-0.25, -0.2) is 0 Å². The van der Waals surface area contributed by atoms with Gasteiger partial charge in [0.1, 0.15) is 16.3 Å². The van der Waals surface area contributed by atoms with E-state index in [0.29, 0.717) is 26.5 Å². The molecule has 0 saturated heterocycles. The van der Waals surface area contributed by atoms with Crippen LogP contribution in [-0.4, -0.2) is 16.3 Å². The van der Waals surface area contributed by atoms with Gasteiger partial charge in [-0.2, -0.15) is 0 Å². The molecule has 1 aliphatic rings. The molecule has 17 heavy (non-hydrogen) atoms. The van der Waals surface area contributed by atoms with Crippen molar-refractivity contribution in [1.82, 2.24) is 0 Å². The second-order valence-corrected chi connectivity index (χ2v) is 10.9. The smallest absolute Gasteiger partial charge is 0.0821 e. The Morgan fingerprint density at radius 3 is 1.47 bits per heavy atom. The maximum Gasteiger partial charge on any atom is 0.119 e. The van der Waals surface area contributed by atoms with E-state index in [0.717, 1.165) is 0 Å². The molecule has 0 radical (unpaired) electrons. The van der Waals surface area contributed by atoms with Gasteiger partial charge in [0.15, 0.2) is 0 Å². The van der Waals surface area contributed by atoms with E-state index in [9.17, 15) is 0 Å². The Morgan fingerprint density at radius 1 is 0.824 bits per heavy atom. The van der Waals surface area contributed by atoms with E-state index in [1.807, 2.05) is 0 Å². The molecule has 1 heteroatoms. The van der Waals surface area contributed by atoms with E-state index in [1.165, 1.54) is 24.3 Å². The molecule has 0 spiro atoms. The predicted molar refractivity (Wildman–Crippen MR) is 82.8 cm³/mol. The molecule has 0 amide bonds. The van der Waals surface area contributed by atoms with Crippen LogP contribution in [0.15, 0.2) is 12.2 Å². The molecule has 1 aliphatic heterocycles. The lowest BCUT2D eigenvalue weighted by Crippen LogP contribution is -2.35. The fourth-order valence-electron chi connectivity index (χ4n) is 2.10. The summed E-state index contributed by atoms with van der Waals surface area (Å²) in [6.45, 7) is 16.8. The largest absolute Gasteiger partial charge is 0.119 e. The molecular weight excluding hydrogens is 224 g/mol. The molecular formula is C16H31S+. The molecule has 1 heterocycles. The number of hydrogen-bond acceptors (Lipinski definition) is 0. The third-order valence-corrected chi connectivity index (χ3v) is 6.96. The molecule has 0 N–H and O–H groups in total. The molecule has 0 saturated carbocycles. The molecule has 0 aromatic carbocycles. The van der Waals surface area contributed by atoms with E-state index < -0.39 is 0 Å². The average Bonchev–Trinajstić information content (AvgIpc) is 2.16. The molecule has 0 aliphatic carbocycles. The molecule has 0 aromatic heterocycles. The summed E-state index contributed by atoms with van der Waals surface area (Å²) >= 11 is 0. The van der Waals surface area contributed by atoms with E-state index in [2.05, 4.69) is 60.6 Å². The third-order valence-electron chi connectivity index (χ3n) is 3.84. The Hall–Kier alpha value is 0.0900. The van der Waals surface area contributed by atoms with Gasteiger partial charge in [-0.15, -0.1) is 0 Å². The zero-order valence-corrected chi connectivity index (χ0v) is 13.7. The predicted octanol–water partition coefficient (Wildman–Crippen LogP) is 4.81. The average molecular weight is 255 g/mol. The lowest BCUT2D eigenvalue weighted by molar-refractivity contribution is 0.435. The summed E-state index contributed by atoms with van der Waals surface area (Å²) in [5.41, 5.74) is 0.746. The monoisotopic (exact) mass is 255 g/mol. The van der Waals surface area contributed by atoms with Gasteiger partial charge in [0, 0.05) is 12.8 Å². The molecule has 0 atom stereocenters. The van der Waals surface area contributed by atoms with Crippen LogP contribution in [0.1, 0.15) is 61.3 Å². The second-order valence-electron chi connectivity index (χ2n) is 7.82. The number of rotatable bonds is 0. The SMILES string of the molecule is CC1(C)/C=C\C(C)(C)CC[S+](C(C)(C)C)CC1. The van der Waals surface area contributed by atoms with Crippen molar-refractivity contribution in [3.8, 4) is 0 Å². The fourth-order valence-corrected chi connectivity index (χ4v) is 5.08. The van der Waals surface area contributed by atoms with Gasteiger partial charge >= 0.3 is 0 Å². The Labute approximate surface area is 112 Å². The highest BCUT2D eigenvalue weighted by molar-refractivity contribution is 7.98. The highest BCUT2D eigenvalue weighted by Crippen LogP contribution is 2.35. The first-order valence-corrected chi connectivity index (χ1v) is 8.46. The zero-order valence-electron chi connectivity index (χ0n) is 12.9. The minimum atomic E-state index is 0.373. The summed E-state index contributed by atoms with van der Waals surface area (Å²) in [6.07, 6.45) is 7.59. The van der Waals surface area contributed by atoms with E-state index in [-0.39, 0.29) is 0 Å². The van der Waals surface area contributed by atoms with Gasteiger partial charge in [0.2, 0.25) is 0 Å². The molecule has 0 aromatic rings. The van der Waals surface area contributed by atoms with Crippen LogP contribution in [0.4, 0.5) is 0 Å². The Bertz CT molecular complexity index is 256. The van der Waals surface area contributed by atoms with Gasteiger partial charge < -0.3 is 0 Å². The molecule has 0 bridgehead atoms. The number of hydrogen-bond donors (Lipinski definition) is 0. The van der Waals surface area contributed by atoms with Crippen LogP contribution in [0.5, 0.6) is 0 Å². The Morgan fingerprint density at radius 2 is 1.18 bits per heavy atom. The minimum absolute atomic E-state index is 0.373. The van der Waals surface area contributed by atoms with Crippen LogP contribution in [0.2, 0.25) is 0 Å². The first kappa shape index (κ1) is 15.1. The molecule has 0 nitrogen and oxygen atoms in total. The van der Waals surface area contributed by atoms with Crippen molar-refractivity contribution in [2.24, 2.45) is 10.8 Å². The van der Waals surface area contributed by atoms with Gasteiger partial charge in [0.25, 0.3) is 0 Å². The summed E-state index contributed by atoms with van der Waals surface area (Å²) in [5.74, 6) is 2.80. The Balaban J connectivity index is 2.88. The number of allylic oxidation sites excluding steroid dienone is 2. The standard InChI is InChI=1S/C16H31S/c1-14(2,3)17-12-10-15(4,5)8-9-16(6,7)11-13-17/h8-9H,10-13H2,1-7H3/q+1/b9-8-. The van der Waals surface area contributed by atoms with Gasteiger partial charge in [0.05, 0.1) is 0 Å². The fraction of sp³-hybridized carbons (Fsp3) is 0.875. The van der Waals surface area contributed by atoms with Crippen molar-refractivity contribution in [1.29, 1.82) is 0 Å². The maximum atomic E-state index is 2.46. The van der Waals surface area contributed by atoms with E-state index in [1.54, 1.807) is 0 Å². The van der Waals surface area contributed by atoms with Gasteiger partial charge in [-0.05, 0) is 42.5 Å². The molecule has 0 unspecified atom stereocenters. The van der Waals surface area contributed by atoms with Crippen molar-refractivity contribution < 1.29 is 0 Å². The highest BCUT2D eigenvalue weighted by Gasteiger charge is 2.37. The van der Waals surface area contributed by atoms with Crippen LogP contribution in [0.25, 0.3) is 0 Å². The topological polar surface area (TPSA) is 0 Å². The summed E-state index contributed by atoms with van der Waals surface area (Å²) in [6, 6.07) is 0. The van der Waals surface area contributed by atoms with Crippen molar-refractivity contribution in [3.63, 3.8) is 0 Å². The zero-order chi connectivity index (χ0) is 13.3. The first-order chi connectivity index (χ1) is 7.52. The van der Waals surface area contributed by atoms with Gasteiger partial charge in [-0.1, -0.05) is 39.8 Å². The molecule has 0 fully saturated rings. The van der Waals surface area contributed by atoms with Crippen LogP contribution in [-0.2, 0) is 10.9 Å². The van der Waals surface area contributed by atoms with Crippen molar-refractivity contribution in [2.45, 2.75) is 66.1 Å².